The Hall–Kier alpha value is -1.83. The highest BCUT2D eigenvalue weighted by molar-refractivity contribution is 5.86. The number of carbonyl (C=O) groups is 1. The van der Waals surface area contributed by atoms with Gasteiger partial charge in [0.2, 0.25) is 5.91 Å². The van der Waals surface area contributed by atoms with E-state index >= 15 is 0 Å². The predicted octanol–water partition coefficient (Wildman–Crippen LogP) is 2.62. The zero-order valence-corrected chi connectivity index (χ0v) is 15.1. The molecule has 3 aliphatic rings. The van der Waals surface area contributed by atoms with Crippen LogP contribution in [0.3, 0.4) is 0 Å². The van der Waals surface area contributed by atoms with Gasteiger partial charge in [-0.05, 0) is 44.9 Å². The lowest BCUT2D eigenvalue weighted by Gasteiger charge is -2.41. The van der Waals surface area contributed by atoms with Crippen LogP contribution in [0.5, 0.6) is 0 Å². The number of carbonyl (C=O) groups excluding carboxylic acids is 1. The van der Waals surface area contributed by atoms with Crippen molar-refractivity contribution in [1.29, 1.82) is 0 Å². The highest BCUT2D eigenvalue weighted by Crippen LogP contribution is 2.43. The molecule has 1 aromatic rings. The summed E-state index contributed by atoms with van der Waals surface area (Å²) in [6, 6.07) is 0.656. The molecule has 8 heteroatoms. The van der Waals surface area contributed by atoms with Gasteiger partial charge in [0.25, 0.3) is 5.95 Å². The molecule has 1 saturated carbocycles. The molecule has 5 nitrogen and oxygen atoms in total. The number of pyridine rings is 1. The number of aliphatic hydroxyl groups is 1. The van der Waals surface area contributed by atoms with E-state index in [-0.39, 0.29) is 30.4 Å². The average Bonchev–Trinajstić information content (AvgIpc) is 2.95. The quantitative estimate of drug-likeness (QED) is 0.798. The summed E-state index contributed by atoms with van der Waals surface area (Å²) in [5, 5.41) is 9.70. The van der Waals surface area contributed by atoms with Crippen LogP contribution in [-0.4, -0.2) is 52.7 Å². The SMILES string of the molecule is O=C1N([C@H]2CC[C@H](O)CC2)CCC12CCCN(c1nc(F)c(F)cc1F)C2. The van der Waals surface area contributed by atoms with Gasteiger partial charge in [-0.1, -0.05) is 0 Å². The maximum atomic E-state index is 14.2. The number of piperidine rings is 1. The van der Waals surface area contributed by atoms with Gasteiger partial charge in [-0.25, -0.2) is 8.78 Å². The number of aliphatic hydroxyl groups excluding tert-OH is 1. The Morgan fingerprint density at radius 2 is 1.81 bits per heavy atom. The van der Waals surface area contributed by atoms with Crippen molar-refractivity contribution >= 4 is 11.7 Å². The van der Waals surface area contributed by atoms with Gasteiger partial charge in [0, 0.05) is 31.7 Å². The summed E-state index contributed by atoms with van der Waals surface area (Å²) in [5.41, 5.74) is -0.618. The second kappa shape index (κ2) is 6.96. The molecule has 1 spiro atoms. The van der Waals surface area contributed by atoms with Gasteiger partial charge < -0.3 is 14.9 Å². The Kier molecular flexibility index (Phi) is 4.78. The monoisotopic (exact) mass is 383 g/mol. The van der Waals surface area contributed by atoms with E-state index in [9.17, 15) is 23.1 Å². The maximum absolute atomic E-state index is 14.2. The topological polar surface area (TPSA) is 56.7 Å². The van der Waals surface area contributed by atoms with Crippen molar-refractivity contribution in [3.05, 3.63) is 23.6 Å². The number of amides is 1. The third kappa shape index (κ3) is 3.28. The molecular weight excluding hydrogens is 359 g/mol. The van der Waals surface area contributed by atoms with Gasteiger partial charge >= 0.3 is 0 Å². The third-order valence-electron chi connectivity index (χ3n) is 6.40. The molecule has 148 valence electrons. The predicted molar refractivity (Wildman–Crippen MR) is 92.6 cm³/mol. The molecule has 0 aromatic carbocycles. The number of halogens is 3. The Labute approximate surface area is 156 Å². The van der Waals surface area contributed by atoms with Crippen LogP contribution in [-0.2, 0) is 4.79 Å². The molecule has 1 unspecified atom stereocenters. The molecule has 1 aromatic heterocycles. The second-order valence-electron chi connectivity index (χ2n) is 8.08. The number of hydrogen-bond acceptors (Lipinski definition) is 4. The molecule has 3 fully saturated rings. The third-order valence-corrected chi connectivity index (χ3v) is 6.40. The molecule has 3 heterocycles. The summed E-state index contributed by atoms with van der Waals surface area (Å²) < 4.78 is 40.9. The first-order chi connectivity index (χ1) is 12.9. The minimum atomic E-state index is -1.33. The van der Waals surface area contributed by atoms with Crippen LogP contribution in [0, 0.1) is 23.0 Å². The molecule has 4 rings (SSSR count). The second-order valence-corrected chi connectivity index (χ2v) is 8.08. The Bertz CT molecular complexity index is 739. The van der Waals surface area contributed by atoms with Gasteiger partial charge in [-0.3, -0.25) is 4.79 Å². The van der Waals surface area contributed by atoms with Gasteiger partial charge in [0.05, 0.1) is 11.5 Å². The number of likely N-dealkylation sites (tertiary alicyclic amines) is 1. The van der Waals surface area contributed by atoms with Crippen molar-refractivity contribution in [2.24, 2.45) is 5.41 Å². The van der Waals surface area contributed by atoms with Gasteiger partial charge in [-0.2, -0.15) is 9.37 Å². The van der Waals surface area contributed by atoms with Crippen LogP contribution in [0.15, 0.2) is 6.07 Å². The smallest absolute Gasteiger partial charge is 0.251 e. The molecule has 2 aliphatic heterocycles. The van der Waals surface area contributed by atoms with E-state index in [4.69, 9.17) is 0 Å². The van der Waals surface area contributed by atoms with Crippen molar-refractivity contribution in [3.8, 4) is 0 Å². The van der Waals surface area contributed by atoms with Gasteiger partial charge in [0.1, 0.15) is 0 Å². The molecule has 2 saturated heterocycles. The maximum Gasteiger partial charge on any atom is 0.251 e. The highest BCUT2D eigenvalue weighted by atomic mass is 19.2. The van der Waals surface area contributed by atoms with Crippen LogP contribution in [0.1, 0.15) is 44.9 Å². The van der Waals surface area contributed by atoms with Crippen LogP contribution >= 0.6 is 0 Å². The fraction of sp³-hybridized carbons (Fsp3) is 0.684. The number of rotatable bonds is 2. The van der Waals surface area contributed by atoms with Crippen molar-refractivity contribution < 1.29 is 23.1 Å². The Morgan fingerprint density at radius 3 is 2.56 bits per heavy atom. The first-order valence-electron chi connectivity index (χ1n) is 9.65. The number of nitrogens with zero attached hydrogens (tertiary/aromatic N) is 3. The van der Waals surface area contributed by atoms with Crippen molar-refractivity contribution in [2.45, 2.75) is 57.1 Å². The zero-order valence-electron chi connectivity index (χ0n) is 15.1. The summed E-state index contributed by atoms with van der Waals surface area (Å²) in [5.74, 6) is -3.71. The Balaban J connectivity index is 1.52. The van der Waals surface area contributed by atoms with Crippen molar-refractivity contribution in [2.75, 3.05) is 24.5 Å². The van der Waals surface area contributed by atoms with Gasteiger partial charge in [0.15, 0.2) is 17.5 Å². The number of hydrogen-bond donors (Lipinski definition) is 1. The molecule has 0 radical (unpaired) electrons. The molecular formula is C19H24F3N3O2. The van der Waals surface area contributed by atoms with Crippen LogP contribution in [0.2, 0.25) is 0 Å². The van der Waals surface area contributed by atoms with Crippen molar-refractivity contribution in [3.63, 3.8) is 0 Å². The van der Waals surface area contributed by atoms with E-state index in [1.165, 1.54) is 0 Å². The zero-order chi connectivity index (χ0) is 19.2. The molecule has 0 bridgehead atoms. The van der Waals surface area contributed by atoms with E-state index in [1.54, 1.807) is 4.90 Å². The van der Waals surface area contributed by atoms with Crippen LogP contribution < -0.4 is 4.90 Å². The molecule has 1 N–H and O–H groups in total. The normalized spacial score (nSPS) is 31.8. The summed E-state index contributed by atoms with van der Waals surface area (Å²) in [6.45, 7) is 1.38. The van der Waals surface area contributed by atoms with Crippen LogP contribution in [0.4, 0.5) is 19.0 Å². The fourth-order valence-electron chi connectivity index (χ4n) is 4.91. The summed E-state index contributed by atoms with van der Waals surface area (Å²) in [6.07, 6.45) is 4.78. The fourth-order valence-corrected chi connectivity index (χ4v) is 4.91. The standard InChI is InChI=1S/C19H24F3N3O2/c20-14-10-15(21)17(23-16(14)22)24-8-1-6-19(11-24)7-9-25(18(19)27)12-2-4-13(26)5-3-12/h10,12-13,26H,1-9,11H2/t12-,13-,19?. The van der Waals surface area contributed by atoms with Gasteiger partial charge in [-0.15, -0.1) is 0 Å². The average molecular weight is 383 g/mol. The lowest BCUT2D eigenvalue weighted by Crippen LogP contribution is -2.50. The van der Waals surface area contributed by atoms with E-state index in [0.29, 0.717) is 51.3 Å². The minimum Gasteiger partial charge on any atom is -0.393 e. The minimum absolute atomic E-state index is 0.0663. The van der Waals surface area contributed by atoms with Crippen LogP contribution in [0.25, 0.3) is 0 Å². The molecule has 1 amide bonds. The van der Waals surface area contributed by atoms with E-state index in [0.717, 1.165) is 12.8 Å². The highest BCUT2D eigenvalue weighted by Gasteiger charge is 2.51. The van der Waals surface area contributed by atoms with Crippen molar-refractivity contribution in [1.82, 2.24) is 9.88 Å². The lowest BCUT2D eigenvalue weighted by atomic mass is 9.78. The van der Waals surface area contributed by atoms with E-state index < -0.39 is 23.0 Å². The Morgan fingerprint density at radius 1 is 1.07 bits per heavy atom. The summed E-state index contributed by atoms with van der Waals surface area (Å²) in [4.78, 5) is 20.2. The molecule has 27 heavy (non-hydrogen) atoms. The molecule has 1 aliphatic carbocycles. The largest absolute Gasteiger partial charge is 0.393 e. The molecule has 1 atom stereocenters. The first-order valence-corrected chi connectivity index (χ1v) is 9.65. The number of aromatic nitrogens is 1. The lowest BCUT2D eigenvalue weighted by molar-refractivity contribution is -0.139. The summed E-state index contributed by atoms with van der Waals surface area (Å²) in [7, 11) is 0. The van der Waals surface area contributed by atoms with E-state index in [1.807, 2.05) is 4.90 Å². The first kappa shape index (κ1) is 18.5. The van der Waals surface area contributed by atoms with E-state index in [2.05, 4.69) is 4.98 Å². The number of anilines is 1. The summed E-state index contributed by atoms with van der Waals surface area (Å²) >= 11 is 0.